The lowest BCUT2D eigenvalue weighted by molar-refractivity contribution is -0.137. The molecule has 1 saturated heterocycles. The molecule has 0 bridgehead atoms. The standard InChI is InChI=1S/C16H21N3O3S/c1-19(9-12-5-6-14-15(8-12)18-23-17-14)16(20)11-21-10-13-4-2-3-7-22-13/h5-6,8,13H,2-4,7,9-11H2,1H3/t13-/m1/s1. The van der Waals surface area contributed by atoms with Gasteiger partial charge in [0.1, 0.15) is 17.6 Å². The number of hydrogen-bond acceptors (Lipinski definition) is 6. The van der Waals surface area contributed by atoms with Crippen LogP contribution >= 0.6 is 11.7 Å². The minimum Gasteiger partial charge on any atom is -0.376 e. The van der Waals surface area contributed by atoms with Gasteiger partial charge in [-0.3, -0.25) is 4.79 Å². The van der Waals surface area contributed by atoms with E-state index < -0.39 is 0 Å². The predicted octanol–water partition coefficient (Wildman–Crippen LogP) is 2.24. The van der Waals surface area contributed by atoms with E-state index in [2.05, 4.69) is 8.75 Å². The van der Waals surface area contributed by atoms with Crippen LogP contribution < -0.4 is 0 Å². The molecule has 0 saturated carbocycles. The van der Waals surface area contributed by atoms with Crippen LogP contribution in [0.15, 0.2) is 18.2 Å². The molecule has 2 heterocycles. The van der Waals surface area contributed by atoms with E-state index in [9.17, 15) is 4.79 Å². The number of nitrogens with zero attached hydrogens (tertiary/aromatic N) is 3. The van der Waals surface area contributed by atoms with E-state index in [1.165, 1.54) is 18.1 Å². The van der Waals surface area contributed by atoms with Crippen LogP contribution in [0, 0.1) is 0 Å². The number of ether oxygens (including phenoxy) is 2. The van der Waals surface area contributed by atoms with E-state index in [0.717, 1.165) is 36.0 Å². The van der Waals surface area contributed by atoms with Crippen molar-refractivity contribution < 1.29 is 14.3 Å². The molecule has 1 amide bonds. The van der Waals surface area contributed by atoms with Gasteiger partial charge >= 0.3 is 0 Å². The lowest BCUT2D eigenvalue weighted by Crippen LogP contribution is -2.32. The highest BCUT2D eigenvalue weighted by Crippen LogP contribution is 2.15. The Balaban J connectivity index is 1.45. The third-order valence-corrected chi connectivity index (χ3v) is 4.52. The highest BCUT2D eigenvalue weighted by molar-refractivity contribution is 7.00. The van der Waals surface area contributed by atoms with Crippen molar-refractivity contribution in [3.05, 3.63) is 23.8 Å². The Labute approximate surface area is 139 Å². The van der Waals surface area contributed by atoms with Crippen molar-refractivity contribution in [3.63, 3.8) is 0 Å². The van der Waals surface area contributed by atoms with E-state index in [0.29, 0.717) is 13.2 Å². The molecule has 0 radical (unpaired) electrons. The molecule has 23 heavy (non-hydrogen) atoms. The fourth-order valence-corrected chi connectivity index (χ4v) is 3.13. The molecule has 0 N–H and O–H groups in total. The lowest BCUT2D eigenvalue weighted by Gasteiger charge is -2.23. The van der Waals surface area contributed by atoms with E-state index in [-0.39, 0.29) is 18.6 Å². The number of benzene rings is 1. The van der Waals surface area contributed by atoms with Gasteiger partial charge in [-0.25, -0.2) is 0 Å². The summed E-state index contributed by atoms with van der Waals surface area (Å²) in [6.07, 6.45) is 3.46. The maximum Gasteiger partial charge on any atom is 0.248 e. The summed E-state index contributed by atoms with van der Waals surface area (Å²) in [5.41, 5.74) is 2.80. The van der Waals surface area contributed by atoms with Crippen LogP contribution in [0.25, 0.3) is 11.0 Å². The van der Waals surface area contributed by atoms with Gasteiger partial charge in [-0.05, 0) is 37.0 Å². The van der Waals surface area contributed by atoms with Gasteiger partial charge in [0.25, 0.3) is 0 Å². The van der Waals surface area contributed by atoms with Crippen molar-refractivity contribution in [1.29, 1.82) is 0 Å². The van der Waals surface area contributed by atoms with Crippen molar-refractivity contribution in [1.82, 2.24) is 13.6 Å². The van der Waals surface area contributed by atoms with Crippen molar-refractivity contribution in [2.75, 3.05) is 26.9 Å². The molecule has 1 aromatic heterocycles. The molecule has 1 fully saturated rings. The number of aromatic nitrogens is 2. The van der Waals surface area contributed by atoms with Gasteiger partial charge in [-0.2, -0.15) is 8.75 Å². The van der Waals surface area contributed by atoms with Gasteiger partial charge < -0.3 is 14.4 Å². The van der Waals surface area contributed by atoms with Gasteiger partial charge in [0.05, 0.1) is 24.4 Å². The zero-order valence-corrected chi connectivity index (χ0v) is 14.1. The van der Waals surface area contributed by atoms with Gasteiger partial charge in [0.2, 0.25) is 5.91 Å². The van der Waals surface area contributed by atoms with Crippen LogP contribution in [-0.4, -0.2) is 52.5 Å². The fraction of sp³-hybridized carbons (Fsp3) is 0.562. The summed E-state index contributed by atoms with van der Waals surface area (Å²) in [6, 6.07) is 5.88. The average Bonchev–Trinajstić information content (AvgIpc) is 3.03. The third kappa shape index (κ3) is 4.46. The minimum absolute atomic E-state index is 0.0303. The molecule has 1 aliphatic heterocycles. The first-order valence-electron chi connectivity index (χ1n) is 7.87. The van der Waals surface area contributed by atoms with E-state index in [1.54, 1.807) is 11.9 Å². The average molecular weight is 335 g/mol. The van der Waals surface area contributed by atoms with Crippen LogP contribution in [0.1, 0.15) is 24.8 Å². The molecular formula is C16H21N3O3S. The van der Waals surface area contributed by atoms with E-state index in [1.807, 2.05) is 18.2 Å². The van der Waals surface area contributed by atoms with Crippen LogP contribution in [0.3, 0.4) is 0 Å². The second kappa shape index (κ2) is 7.81. The Hall–Kier alpha value is -1.57. The molecule has 2 aromatic rings. The highest BCUT2D eigenvalue weighted by atomic mass is 32.1. The molecule has 0 aliphatic carbocycles. The molecule has 1 atom stereocenters. The highest BCUT2D eigenvalue weighted by Gasteiger charge is 2.16. The Bertz CT molecular complexity index is 655. The Morgan fingerprint density at radius 1 is 1.39 bits per heavy atom. The normalized spacial score (nSPS) is 18.2. The Kier molecular flexibility index (Phi) is 5.53. The first-order chi connectivity index (χ1) is 11.2. The lowest BCUT2D eigenvalue weighted by atomic mass is 10.1. The Morgan fingerprint density at radius 3 is 3.09 bits per heavy atom. The SMILES string of the molecule is CN(Cc1ccc2nsnc2c1)C(=O)COC[C@H]1CCCCO1. The van der Waals surface area contributed by atoms with E-state index in [4.69, 9.17) is 9.47 Å². The monoisotopic (exact) mass is 335 g/mol. The smallest absolute Gasteiger partial charge is 0.248 e. The van der Waals surface area contributed by atoms with Crippen LogP contribution in [0.5, 0.6) is 0 Å². The summed E-state index contributed by atoms with van der Waals surface area (Å²) in [6.45, 7) is 1.93. The summed E-state index contributed by atoms with van der Waals surface area (Å²) in [5, 5.41) is 0. The largest absolute Gasteiger partial charge is 0.376 e. The first-order valence-corrected chi connectivity index (χ1v) is 8.60. The second-order valence-electron chi connectivity index (χ2n) is 5.84. The summed E-state index contributed by atoms with van der Waals surface area (Å²) in [4.78, 5) is 13.8. The Morgan fingerprint density at radius 2 is 2.26 bits per heavy atom. The van der Waals surface area contributed by atoms with Crippen LogP contribution in [0.2, 0.25) is 0 Å². The molecule has 124 valence electrons. The molecule has 1 aromatic carbocycles. The number of rotatable bonds is 6. The molecule has 3 rings (SSSR count). The van der Waals surface area contributed by atoms with Crippen LogP contribution in [0.4, 0.5) is 0 Å². The number of hydrogen-bond donors (Lipinski definition) is 0. The van der Waals surface area contributed by atoms with Crippen molar-refractivity contribution in [3.8, 4) is 0 Å². The zero-order valence-electron chi connectivity index (χ0n) is 13.2. The van der Waals surface area contributed by atoms with Gasteiger partial charge in [0, 0.05) is 20.2 Å². The van der Waals surface area contributed by atoms with E-state index >= 15 is 0 Å². The molecule has 6 nitrogen and oxygen atoms in total. The minimum atomic E-state index is -0.0303. The second-order valence-corrected chi connectivity index (χ2v) is 6.37. The first kappa shape index (κ1) is 16.3. The molecular weight excluding hydrogens is 314 g/mol. The quantitative estimate of drug-likeness (QED) is 0.810. The number of carbonyl (C=O) groups is 1. The van der Waals surface area contributed by atoms with Crippen LogP contribution in [-0.2, 0) is 20.8 Å². The van der Waals surface area contributed by atoms with Crippen molar-refractivity contribution >= 4 is 28.7 Å². The van der Waals surface area contributed by atoms with Gasteiger partial charge in [0.15, 0.2) is 0 Å². The van der Waals surface area contributed by atoms with Gasteiger partial charge in [-0.1, -0.05) is 6.07 Å². The topological polar surface area (TPSA) is 64.6 Å². The van der Waals surface area contributed by atoms with Gasteiger partial charge in [-0.15, -0.1) is 0 Å². The van der Waals surface area contributed by atoms with Crippen molar-refractivity contribution in [2.24, 2.45) is 0 Å². The summed E-state index contributed by atoms with van der Waals surface area (Å²) < 4.78 is 19.5. The fourth-order valence-electron chi connectivity index (χ4n) is 2.61. The summed E-state index contributed by atoms with van der Waals surface area (Å²) >= 11 is 1.20. The molecule has 0 unspecified atom stereocenters. The molecule has 0 spiro atoms. The zero-order chi connectivity index (χ0) is 16.1. The van der Waals surface area contributed by atoms with Crippen molar-refractivity contribution in [2.45, 2.75) is 31.9 Å². The molecule has 1 aliphatic rings. The number of likely N-dealkylation sites (N-methyl/N-ethyl adjacent to an activating group) is 1. The number of amides is 1. The molecule has 7 heteroatoms. The number of carbonyl (C=O) groups excluding carboxylic acids is 1. The predicted molar refractivity (Wildman–Crippen MR) is 88.3 cm³/mol. The summed E-state index contributed by atoms with van der Waals surface area (Å²) in [7, 11) is 1.78. The maximum atomic E-state index is 12.1. The maximum absolute atomic E-state index is 12.1. The summed E-state index contributed by atoms with van der Waals surface area (Å²) in [5.74, 6) is -0.0303. The third-order valence-electron chi connectivity index (χ3n) is 3.97. The number of fused-ring (bicyclic) bond motifs is 1.